The smallest absolute Gasteiger partial charge is 0.242 e. The largest absolute Gasteiger partial charge is 0.486 e. The molecule has 3 saturated heterocycles. The number of nitrogens with zero attached hydrogens (tertiary/aromatic N) is 1. The number of benzene rings is 3. The number of carbonyl (C=O) groups excluding carboxylic acids is 4. The maximum Gasteiger partial charge on any atom is 0.242 e. The molecule has 59 heavy (non-hydrogen) atoms. The van der Waals surface area contributed by atoms with E-state index in [2.05, 4.69) is 16.0 Å². The number of aliphatic hydroxyl groups excluding tert-OH is 5. The number of amides is 1. The van der Waals surface area contributed by atoms with Crippen molar-refractivity contribution in [1.82, 2.24) is 16.0 Å². The molecule has 2 bridgehead atoms. The topological polar surface area (TPSA) is 272 Å². The van der Waals surface area contributed by atoms with Crippen LogP contribution in [0.1, 0.15) is 68.2 Å². The number of para-hydroxylation sites is 1. The molecule has 4 aliphatic heterocycles. The van der Waals surface area contributed by atoms with Crippen LogP contribution in [0.3, 0.4) is 0 Å². The predicted octanol–water partition coefficient (Wildman–Crippen LogP) is -1.45. The predicted molar refractivity (Wildman–Crippen MR) is 205 cm³/mol. The summed E-state index contributed by atoms with van der Waals surface area (Å²) >= 11 is 0. The van der Waals surface area contributed by atoms with Gasteiger partial charge in [0, 0.05) is 46.9 Å². The summed E-state index contributed by atoms with van der Waals surface area (Å²) in [6, 6.07) is 14.5. The van der Waals surface area contributed by atoms with Gasteiger partial charge in [-0.2, -0.15) is 0 Å². The molecule has 0 radical (unpaired) electrons. The van der Waals surface area contributed by atoms with Crippen molar-refractivity contribution in [1.29, 1.82) is 0 Å². The van der Waals surface area contributed by atoms with E-state index in [-0.39, 0.29) is 78.1 Å². The summed E-state index contributed by atoms with van der Waals surface area (Å²) in [4.78, 5) is 55.5. The number of ketones is 2. The van der Waals surface area contributed by atoms with Gasteiger partial charge in [-0.1, -0.05) is 42.5 Å². The third-order valence-corrected chi connectivity index (χ3v) is 11.6. The first-order chi connectivity index (χ1) is 28.5. The van der Waals surface area contributed by atoms with E-state index in [1.165, 1.54) is 18.2 Å². The molecule has 10 N–H and O–H groups in total. The summed E-state index contributed by atoms with van der Waals surface area (Å²) in [7, 11) is 0. The van der Waals surface area contributed by atoms with Crippen molar-refractivity contribution in [2.24, 2.45) is 11.7 Å². The fourth-order valence-electron chi connectivity index (χ4n) is 8.78. The molecule has 11 atom stereocenters. The molecular weight excluding hydrogens is 770 g/mol. The Kier molecular flexibility index (Phi) is 11.8. The monoisotopic (exact) mass is 817 g/mol. The van der Waals surface area contributed by atoms with Crippen molar-refractivity contribution >= 4 is 29.4 Å². The van der Waals surface area contributed by atoms with E-state index in [0.717, 1.165) is 0 Å². The quantitative estimate of drug-likeness (QED) is 0.0829. The Morgan fingerprint density at radius 2 is 1.69 bits per heavy atom. The van der Waals surface area contributed by atoms with Crippen molar-refractivity contribution in [2.45, 2.75) is 80.5 Å². The Hall–Kier alpha value is -4.86. The Morgan fingerprint density at radius 1 is 0.949 bits per heavy atom. The zero-order chi connectivity index (χ0) is 41.5. The zero-order valence-electron chi connectivity index (χ0n) is 31.8. The maximum absolute atomic E-state index is 14.6. The third-order valence-electron chi connectivity index (χ3n) is 11.6. The van der Waals surface area contributed by atoms with E-state index in [0.29, 0.717) is 30.4 Å². The Bertz CT molecular complexity index is 2100. The molecule has 0 saturated carbocycles. The minimum atomic E-state index is -1.84. The molecule has 8 rings (SSSR count). The Balaban J connectivity index is 1.40. The first-order valence-corrected chi connectivity index (χ1v) is 19.6. The fraction of sp³-hybridized carbons (Fsp3) is 0.463. The van der Waals surface area contributed by atoms with E-state index in [4.69, 9.17) is 24.7 Å². The molecule has 11 unspecified atom stereocenters. The molecule has 1 aliphatic carbocycles. The lowest BCUT2D eigenvalue weighted by Gasteiger charge is -2.40. The molecule has 3 aromatic rings. The first-order valence-electron chi connectivity index (χ1n) is 19.6. The van der Waals surface area contributed by atoms with Crippen molar-refractivity contribution in [3.05, 3.63) is 88.0 Å². The van der Waals surface area contributed by atoms with Gasteiger partial charge in [-0.15, -0.1) is 0 Å². The van der Waals surface area contributed by atoms with Gasteiger partial charge in [-0.25, -0.2) is 0 Å². The van der Waals surface area contributed by atoms with Crippen LogP contribution >= 0.6 is 0 Å². The van der Waals surface area contributed by atoms with Gasteiger partial charge in [0.15, 0.2) is 23.1 Å². The van der Waals surface area contributed by atoms with Gasteiger partial charge in [0.2, 0.25) is 12.2 Å². The summed E-state index contributed by atoms with van der Waals surface area (Å²) < 4.78 is 25.2. The second-order valence-corrected chi connectivity index (χ2v) is 15.4. The minimum absolute atomic E-state index is 0.0226. The number of aldehydes is 1. The number of carbonyl (C=O) groups is 4. The van der Waals surface area contributed by atoms with Crippen LogP contribution in [0.25, 0.3) is 0 Å². The molecule has 1 amide bonds. The Labute approximate surface area is 338 Å². The van der Waals surface area contributed by atoms with Crippen molar-refractivity contribution in [3.8, 4) is 11.5 Å². The number of anilines is 1. The standard InChI is InChI=1S/C41H47N5O13/c42-41-44-38-30(39(55)45-41)43-18-46(38)26-10-4-3-9-23(26)28-19(6-5-12-47)15-56-17-27-33(52)34(53)35(54)40(58-27)59-36-25(28)14-24-29(37(36)57-16-20(49)11-13-48)32(51)22-8-2-1-7-21(22)31(24)50/h1-4,7-10,13-14,19-20,27-28,30,33-35,38,40-41,43-44,47,49,52-54H,5-6,11-12,15-18,42H2,(H,45,55). The minimum Gasteiger partial charge on any atom is -0.486 e. The van der Waals surface area contributed by atoms with Gasteiger partial charge in [-0.3, -0.25) is 30.8 Å². The molecule has 18 nitrogen and oxygen atoms in total. The Morgan fingerprint density at radius 3 is 2.46 bits per heavy atom. The van der Waals surface area contributed by atoms with Crippen LogP contribution in [0.4, 0.5) is 5.69 Å². The highest BCUT2D eigenvalue weighted by atomic mass is 16.7. The number of nitrogens with two attached hydrogens (primary N) is 1. The van der Waals surface area contributed by atoms with Gasteiger partial charge < -0.3 is 59.5 Å². The maximum atomic E-state index is 14.6. The molecule has 18 heteroatoms. The van der Waals surface area contributed by atoms with Crippen LogP contribution < -0.4 is 36.1 Å². The normalized spacial score (nSPS) is 30.7. The summed E-state index contributed by atoms with van der Waals surface area (Å²) in [6.45, 7) is -0.769. The van der Waals surface area contributed by atoms with Gasteiger partial charge in [0.05, 0.1) is 31.5 Å². The zero-order valence-corrected chi connectivity index (χ0v) is 31.8. The molecule has 314 valence electrons. The molecule has 3 fully saturated rings. The average Bonchev–Trinajstić information content (AvgIpc) is 3.65. The number of ether oxygens (including phenoxy) is 4. The van der Waals surface area contributed by atoms with Gasteiger partial charge in [-0.05, 0) is 36.5 Å². The summed E-state index contributed by atoms with van der Waals surface area (Å²) in [5.41, 5.74) is 7.69. The summed E-state index contributed by atoms with van der Waals surface area (Å²) in [5.74, 6) is -3.27. The lowest BCUT2D eigenvalue weighted by atomic mass is 9.74. The van der Waals surface area contributed by atoms with Crippen molar-refractivity contribution in [3.63, 3.8) is 0 Å². The van der Waals surface area contributed by atoms with Crippen LogP contribution in [-0.2, 0) is 19.1 Å². The van der Waals surface area contributed by atoms with Gasteiger partial charge in [0.25, 0.3) is 0 Å². The van der Waals surface area contributed by atoms with Crippen LogP contribution in [-0.4, -0.2) is 138 Å². The van der Waals surface area contributed by atoms with E-state index in [1.807, 2.05) is 29.2 Å². The number of rotatable bonds is 10. The van der Waals surface area contributed by atoms with E-state index in [1.54, 1.807) is 12.1 Å². The van der Waals surface area contributed by atoms with Crippen LogP contribution in [0.2, 0.25) is 0 Å². The molecule has 3 aromatic carbocycles. The second kappa shape index (κ2) is 17.0. The van der Waals surface area contributed by atoms with Crippen LogP contribution in [0, 0.1) is 5.92 Å². The highest BCUT2D eigenvalue weighted by molar-refractivity contribution is 6.29. The summed E-state index contributed by atoms with van der Waals surface area (Å²) in [6.07, 6.45) is -10.1. The second-order valence-electron chi connectivity index (χ2n) is 15.4. The van der Waals surface area contributed by atoms with Crippen LogP contribution in [0.5, 0.6) is 11.5 Å². The van der Waals surface area contributed by atoms with Gasteiger partial charge in [0.1, 0.15) is 55.8 Å². The number of aliphatic hydroxyl groups is 5. The van der Waals surface area contributed by atoms with E-state index >= 15 is 0 Å². The molecule has 5 aliphatic rings. The number of hydrogen-bond acceptors (Lipinski definition) is 17. The molecule has 0 aromatic heterocycles. The fourth-order valence-corrected chi connectivity index (χ4v) is 8.78. The highest BCUT2D eigenvalue weighted by Crippen LogP contribution is 2.51. The van der Waals surface area contributed by atoms with Crippen molar-refractivity contribution in [2.75, 3.05) is 38.0 Å². The molecule has 4 heterocycles. The molecule has 0 spiro atoms. The summed E-state index contributed by atoms with van der Waals surface area (Å²) in [5, 5.41) is 63.4. The van der Waals surface area contributed by atoms with E-state index < -0.39 is 85.3 Å². The lowest BCUT2D eigenvalue weighted by Crippen LogP contribution is -2.70. The third kappa shape index (κ3) is 7.50. The number of nitrogens with one attached hydrogen (secondary N) is 3. The van der Waals surface area contributed by atoms with Crippen LogP contribution in [0.15, 0.2) is 54.6 Å². The average molecular weight is 818 g/mol. The number of fused-ring (bicyclic) bond motifs is 6. The SMILES string of the molecule is NC1NC(=O)C2NCN(c3ccccc3C3c4cc5c(c(OCC(O)CC=O)c4OC4OC(COCC3CCCO)C(O)C(O)C4O)C(=O)c3ccccc3C5=O)C2N1. The first kappa shape index (κ1) is 40.9. The molecular formula is C41H47N5O13. The van der Waals surface area contributed by atoms with Gasteiger partial charge >= 0.3 is 0 Å². The van der Waals surface area contributed by atoms with E-state index in [9.17, 15) is 44.7 Å². The lowest BCUT2D eigenvalue weighted by molar-refractivity contribution is -0.280. The highest BCUT2D eigenvalue weighted by Gasteiger charge is 2.49. The number of hydrogen-bond donors (Lipinski definition) is 9. The van der Waals surface area contributed by atoms with Crippen molar-refractivity contribution < 1.29 is 63.7 Å².